The Balaban J connectivity index is 1.98. The molecule has 0 aliphatic carbocycles. The predicted molar refractivity (Wildman–Crippen MR) is 75.3 cm³/mol. The molecule has 1 aromatic heterocycles. The third-order valence-electron chi connectivity index (χ3n) is 2.81. The number of nitrogens with zero attached hydrogens (tertiary/aromatic N) is 2. The van der Waals surface area contributed by atoms with E-state index in [0.29, 0.717) is 5.88 Å². The van der Waals surface area contributed by atoms with E-state index in [2.05, 4.69) is 41.5 Å². The first-order chi connectivity index (χ1) is 9.31. The zero-order valence-electron chi connectivity index (χ0n) is 11.4. The van der Waals surface area contributed by atoms with Crippen molar-refractivity contribution < 1.29 is 4.74 Å². The normalized spacial score (nSPS) is 10.4. The highest BCUT2D eigenvalue weighted by molar-refractivity contribution is 5.30. The van der Waals surface area contributed by atoms with Gasteiger partial charge in [0.1, 0.15) is 5.75 Å². The van der Waals surface area contributed by atoms with Gasteiger partial charge in [-0.1, -0.05) is 26.0 Å². The van der Waals surface area contributed by atoms with E-state index >= 15 is 0 Å². The third kappa shape index (κ3) is 4.03. The van der Waals surface area contributed by atoms with Gasteiger partial charge >= 0.3 is 0 Å². The summed E-state index contributed by atoms with van der Waals surface area (Å²) in [5.74, 6) is 1.30. The van der Waals surface area contributed by atoms with Crippen molar-refractivity contribution in [2.45, 2.75) is 26.8 Å². The molecule has 2 rings (SSSR count). The maximum Gasteiger partial charge on any atom is 0.238 e. The largest absolute Gasteiger partial charge is 0.438 e. The van der Waals surface area contributed by atoms with E-state index in [4.69, 9.17) is 4.74 Å². The molecule has 0 aliphatic rings. The molecule has 0 bridgehead atoms. The minimum atomic E-state index is 0.518. The van der Waals surface area contributed by atoms with Gasteiger partial charge in [0.2, 0.25) is 5.88 Å². The summed E-state index contributed by atoms with van der Waals surface area (Å²) in [6.07, 6.45) is 1.03. The second-order valence-corrected chi connectivity index (χ2v) is 4.24. The van der Waals surface area contributed by atoms with Crippen molar-refractivity contribution in [1.29, 1.82) is 0 Å². The number of nitrogens with one attached hydrogen (secondary N) is 1. The number of ether oxygens (including phenoxy) is 1. The van der Waals surface area contributed by atoms with Gasteiger partial charge in [-0.3, -0.25) is 0 Å². The molecule has 0 spiro atoms. The Morgan fingerprint density at radius 1 is 1.00 bits per heavy atom. The van der Waals surface area contributed by atoms with Crippen molar-refractivity contribution >= 4 is 0 Å². The Bertz CT molecular complexity index is 494. The Labute approximate surface area is 113 Å². The summed E-state index contributed by atoms with van der Waals surface area (Å²) in [4.78, 5) is 0. The van der Waals surface area contributed by atoms with Crippen LogP contribution in [0.1, 0.15) is 25.1 Å². The maximum atomic E-state index is 5.64. The smallest absolute Gasteiger partial charge is 0.238 e. The zero-order valence-corrected chi connectivity index (χ0v) is 11.4. The molecule has 0 aliphatic heterocycles. The first-order valence-corrected chi connectivity index (χ1v) is 6.62. The van der Waals surface area contributed by atoms with E-state index < -0.39 is 0 Å². The highest BCUT2D eigenvalue weighted by Crippen LogP contribution is 2.19. The molecule has 1 N–H and O–H groups in total. The molecule has 0 atom stereocenters. The molecule has 100 valence electrons. The van der Waals surface area contributed by atoms with Crippen LogP contribution in [0.4, 0.5) is 0 Å². The molecule has 0 fully saturated rings. The van der Waals surface area contributed by atoms with Crippen molar-refractivity contribution in [3.8, 4) is 11.6 Å². The highest BCUT2D eigenvalue weighted by Gasteiger charge is 2.00. The lowest BCUT2D eigenvalue weighted by Gasteiger charge is -2.05. The van der Waals surface area contributed by atoms with E-state index in [1.807, 2.05) is 24.3 Å². The van der Waals surface area contributed by atoms with Gasteiger partial charge in [0, 0.05) is 12.6 Å². The first-order valence-electron chi connectivity index (χ1n) is 6.62. The fourth-order valence-corrected chi connectivity index (χ4v) is 1.66. The zero-order chi connectivity index (χ0) is 13.5. The molecule has 19 heavy (non-hydrogen) atoms. The molecular weight excluding hydrogens is 238 g/mol. The summed E-state index contributed by atoms with van der Waals surface area (Å²) in [5, 5.41) is 11.4. The standard InChI is InChI=1S/C15H19N3O/c1-3-12-5-8-14(9-6-12)19-15-10-7-13(17-18-15)11-16-4-2/h5-10,16H,3-4,11H2,1-2H3. The lowest BCUT2D eigenvalue weighted by Crippen LogP contribution is -2.13. The fourth-order valence-electron chi connectivity index (χ4n) is 1.66. The van der Waals surface area contributed by atoms with Crippen LogP contribution in [-0.4, -0.2) is 16.7 Å². The van der Waals surface area contributed by atoms with Gasteiger partial charge in [0.05, 0.1) is 5.69 Å². The predicted octanol–water partition coefficient (Wildman–Crippen LogP) is 2.94. The van der Waals surface area contributed by atoms with Crippen molar-refractivity contribution in [2.24, 2.45) is 0 Å². The Kier molecular flexibility index (Phi) is 4.86. The molecule has 0 saturated heterocycles. The molecule has 4 heteroatoms. The third-order valence-corrected chi connectivity index (χ3v) is 2.81. The van der Waals surface area contributed by atoms with Crippen molar-refractivity contribution in [3.05, 3.63) is 47.7 Å². The average Bonchev–Trinajstić information content (AvgIpc) is 2.47. The molecule has 0 amide bonds. The van der Waals surface area contributed by atoms with E-state index in [1.54, 1.807) is 0 Å². The molecule has 2 aromatic rings. The molecule has 1 heterocycles. The second kappa shape index (κ2) is 6.85. The topological polar surface area (TPSA) is 47.0 Å². The Morgan fingerprint density at radius 2 is 1.79 bits per heavy atom. The van der Waals surface area contributed by atoms with E-state index in [-0.39, 0.29) is 0 Å². The number of rotatable bonds is 6. The monoisotopic (exact) mass is 257 g/mol. The van der Waals surface area contributed by atoms with E-state index in [9.17, 15) is 0 Å². The number of hydrogen-bond acceptors (Lipinski definition) is 4. The minimum absolute atomic E-state index is 0.518. The maximum absolute atomic E-state index is 5.64. The van der Waals surface area contributed by atoms with Gasteiger partial charge in [-0.05, 0) is 36.7 Å². The van der Waals surface area contributed by atoms with Crippen molar-refractivity contribution in [1.82, 2.24) is 15.5 Å². The summed E-state index contributed by atoms with van der Waals surface area (Å²) < 4.78 is 5.64. The average molecular weight is 257 g/mol. The second-order valence-electron chi connectivity index (χ2n) is 4.24. The molecule has 4 nitrogen and oxygen atoms in total. The van der Waals surface area contributed by atoms with Crippen LogP contribution in [-0.2, 0) is 13.0 Å². The van der Waals surface area contributed by atoms with Gasteiger partial charge in [-0.25, -0.2) is 0 Å². The van der Waals surface area contributed by atoms with Gasteiger partial charge in [0.25, 0.3) is 0 Å². The quantitative estimate of drug-likeness (QED) is 0.864. The Morgan fingerprint density at radius 3 is 2.37 bits per heavy atom. The lowest BCUT2D eigenvalue weighted by molar-refractivity contribution is 0.453. The SMILES string of the molecule is CCNCc1ccc(Oc2ccc(CC)cc2)nn1. The minimum Gasteiger partial charge on any atom is -0.438 e. The first kappa shape index (κ1) is 13.5. The molecule has 0 radical (unpaired) electrons. The molecule has 0 unspecified atom stereocenters. The van der Waals surface area contributed by atoms with Crippen LogP contribution in [0.25, 0.3) is 0 Å². The lowest BCUT2D eigenvalue weighted by atomic mass is 10.2. The summed E-state index contributed by atoms with van der Waals surface area (Å²) in [6.45, 7) is 5.84. The number of aryl methyl sites for hydroxylation is 1. The fraction of sp³-hybridized carbons (Fsp3) is 0.333. The summed E-state index contributed by atoms with van der Waals surface area (Å²) in [7, 11) is 0. The van der Waals surface area contributed by atoms with Crippen LogP contribution in [0.15, 0.2) is 36.4 Å². The van der Waals surface area contributed by atoms with Crippen molar-refractivity contribution in [3.63, 3.8) is 0 Å². The van der Waals surface area contributed by atoms with Gasteiger partial charge in [0.15, 0.2) is 0 Å². The summed E-state index contributed by atoms with van der Waals surface area (Å²) in [6, 6.07) is 11.8. The van der Waals surface area contributed by atoms with Gasteiger partial charge in [-0.2, -0.15) is 5.10 Å². The number of hydrogen-bond donors (Lipinski definition) is 1. The van der Waals surface area contributed by atoms with Gasteiger partial charge in [-0.15, -0.1) is 5.10 Å². The van der Waals surface area contributed by atoms with E-state index in [0.717, 1.165) is 31.0 Å². The van der Waals surface area contributed by atoms with Crippen LogP contribution in [0.2, 0.25) is 0 Å². The van der Waals surface area contributed by atoms with Crippen LogP contribution < -0.4 is 10.1 Å². The van der Waals surface area contributed by atoms with Crippen LogP contribution >= 0.6 is 0 Å². The van der Waals surface area contributed by atoms with Gasteiger partial charge < -0.3 is 10.1 Å². The summed E-state index contributed by atoms with van der Waals surface area (Å²) >= 11 is 0. The molecular formula is C15H19N3O. The number of aromatic nitrogens is 2. The summed E-state index contributed by atoms with van der Waals surface area (Å²) in [5.41, 5.74) is 2.20. The molecule has 1 aromatic carbocycles. The highest BCUT2D eigenvalue weighted by atomic mass is 16.5. The van der Waals surface area contributed by atoms with Crippen LogP contribution in [0.5, 0.6) is 11.6 Å². The van der Waals surface area contributed by atoms with E-state index in [1.165, 1.54) is 5.56 Å². The number of benzene rings is 1. The van der Waals surface area contributed by atoms with Crippen molar-refractivity contribution in [2.75, 3.05) is 6.54 Å². The van der Waals surface area contributed by atoms with Crippen LogP contribution in [0, 0.1) is 0 Å². The Hall–Kier alpha value is -1.94. The van der Waals surface area contributed by atoms with Crippen LogP contribution in [0.3, 0.4) is 0 Å². The molecule has 0 saturated carbocycles.